The molecular weight excluding hydrogens is 470 g/mol. The molecular formula is C32H35N5O. The van der Waals surface area contributed by atoms with Gasteiger partial charge in [-0.15, -0.1) is 0 Å². The molecule has 6 heteroatoms. The van der Waals surface area contributed by atoms with E-state index in [1.54, 1.807) is 0 Å². The van der Waals surface area contributed by atoms with Crippen molar-refractivity contribution in [3.8, 4) is 0 Å². The van der Waals surface area contributed by atoms with E-state index in [0.717, 1.165) is 39.0 Å². The second-order valence-electron chi connectivity index (χ2n) is 11.2. The summed E-state index contributed by atoms with van der Waals surface area (Å²) in [4.78, 5) is 8.19. The van der Waals surface area contributed by atoms with Crippen molar-refractivity contribution < 1.29 is 4.74 Å². The minimum atomic E-state index is -0.460. The van der Waals surface area contributed by atoms with Crippen LogP contribution in [0.15, 0.2) is 91.0 Å². The summed E-state index contributed by atoms with van der Waals surface area (Å²) in [7, 11) is 0. The predicted molar refractivity (Wildman–Crippen MR) is 149 cm³/mol. The third-order valence-electron chi connectivity index (χ3n) is 9.46. The van der Waals surface area contributed by atoms with E-state index in [9.17, 15) is 0 Å². The van der Waals surface area contributed by atoms with Gasteiger partial charge in [0.2, 0.25) is 0 Å². The second kappa shape index (κ2) is 8.87. The number of fused-ring (bicyclic) bond motifs is 3. The first-order chi connectivity index (χ1) is 18.9. The van der Waals surface area contributed by atoms with Gasteiger partial charge in [0.05, 0.1) is 12.4 Å². The molecule has 2 saturated heterocycles. The summed E-state index contributed by atoms with van der Waals surface area (Å²) >= 11 is 0. The lowest BCUT2D eigenvalue weighted by atomic mass is 9.88. The normalized spacial score (nSPS) is 33.6. The summed E-state index contributed by atoms with van der Waals surface area (Å²) < 4.78 is 6.34. The molecule has 2 aromatic carbocycles. The first-order valence-corrected chi connectivity index (χ1v) is 14.2. The van der Waals surface area contributed by atoms with E-state index in [4.69, 9.17) is 4.74 Å². The minimum absolute atomic E-state index is 0.00954. The van der Waals surface area contributed by atoms with Crippen molar-refractivity contribution in [2.45, 2.75) is 50.0 Å². The van der Waals surface area contributed by atoms with Crippen LogP contribution in [-0.4, -0.2) is 46.3 Å². The monoisotopic (exact) mass is 505 g/mol. The summed E-state index contributed by atoms with van der Waals surface area (Å²) in [6, 6.07) is 17.9. The second-order valence-corrected chi connectivity index (χ2v) is 11.2. The Hall–Kier alpha value is -3.32. The molecule has 8 rings (SSSR count). The van der Waals surface area contributed by atoms with Gasteiger partial charge < -0.3 is 15.0 Å². The van der Waals surface area contributed by atoms with Crippen molar-refractivity contribution in [3.05, 3.63) is 113 Å². The van der Waals surface area contributed by atoms with Gasteiger partial charge in [0, 0.05) is 44.2 Å². The molecule has 38 heavy (non-hydrogen) atoms. The van der Waals surface area contributed by atoms with Crippen molar-refractivity contribution >= 4 is 6.08 Å². The lowest BCUT2D eigenvalue weighted by Crippen LogP contribution is -2.72. The molecule has 0 spiro atoms. The topological polar surface area (TPSA) is 43.0 Å². The van der Waals surface area contributed by atoms with Gasteiger partial charge >= 0.3 is 0 Å². The zero-order valence-corrected chi connectivity index (χ0v) is 21.7. The van der Waals surface area contributed by atoms with Crippen LogP contribution >= 0.6 is 0 Å². The number of hydrogen-bond acceptors (Lipinski definition) is 6. The molecule has 1 aliphatic carbocycles. The SMILES string of the molecule is C1=CCC2CCN(C3(C4NC=Cc5ccccc54)N(C4CC=CO4)CCN3C3NCc4ccccc43)C2=C1. The Morgan fingerprint density at radius 3 is 2.68 bits per heavy atom. The van der Waals surface area contributed by atoms with Crippen molar-refractivity contribution in [1.82, 2.24) is 25.3 Å². The van der Waals surface area contributed by atoms with Gasteiger partial charge in [-0.2, -0.15) is 0 Å². The van der Waals surface area contributed by atoms with Crippen LogP contribution in [0, 0.1) is 5.92 Å². The molecule has 6 nitrogen and oxygen atoms in total. The van der Waals surface area contributed by atoms with E-state index in [1.807, 2.05) is 6.26 Å². The Balaban J connectivity index is 1.36. The standard InChI is InChI=1S/C32H35N5O/c1-4-11-26-23(8-1)15-17-33-30(26)32(35-18-16-24-9-3-6-13-28(24)35)36(29-14-7-21-38-29)19-20-37(32)31-27-12-5-2-10-25(27)22-34-31/h1-8,10-13,15,17,21,24,29-31,33-34H,9,14,16,18-20,22H2. The Kier molecular flexibility index (Phi) is 5.29. The zero-order chi connectivity index (χ0) is 25.1. The third-order valence-corrected chi connectivity index (χ3v) is 9.46. The number of nitrogens with zero attached hydrogens (tertiary/aromatic N) is 3. The summed E-state index contributed by atoms with van der Waals surface area (Å²) in [5, 5.41) is 7.83. The molecule has 194 valence electrons. The van der Waals surface area contributed by atoms with Crippen molar-refractivity contribution in [3.63, 3.8) is 0 Å². The van der Waals surface area contributed by atoms with Crippen LogP contribution in [0.2, 0.25) is 0 Å². The molecule has 2 N–H and O–H groups in total. The highest BCUT2D eigenvalue weighted by Gasteiger charge is 2.63. The van der Waals surface area contributed by atoms with Crippen LogP contribution in [0.4, 0.5) is 0 Å². The number of nitrogens with one attached hydrogen (secondary N) is 2. The number of ether oxygens (including phenoxy) is 1. The highest BCUT2D eigenvalue weighted by molar-refractivity contribution is 5.58. The zero-order valence-electron chi connectivity index (χ0n) is 21.7. The minimum Gasteiger partial charge on any atom is -0.483 e. The molecule has 5 atom stereocenters. The number of allylic oxidation sites excluding steroid dienone is 4. The van der Waals surface area contributed by atoms with Crippen molar-refractivity contribution in [2.24, 2.45) is 5.92 Å². The Labute approximate surface area is 224 Å². The summed E-state index contributed by atoms with van der Waals surface area (Å²) in [6.45, 7) is 3.84. The Bertz CT molecular complexity index is 1360. The van der Waals surface area contributed by atoms with Gasteiger partial charge in [0.15, 0.2) is 12.0 Å². The van der Waals surface area contributed by atoms with Crippen LogP contribution in [0.1, 0.15) is 53.7 Å². The van der Waals surface area contributed by atoms with Crippen LogP contribution in [-0.2, 0) is 11.3 Å². The molecule has 0 bridgehead atoms. The molecule has 6 aliphatic rings. The molecule has 0 amide bonds. The Morgan fingerprint density at radius 2 is 1.76 bits per heavy atom. The number of rotatable bonds is 4. The van der Waals surface area contributed by atoms with Crippen LogP contribution in [0.3, 0.4) is 0 Å². The number of hydrogen-bond donors (Lipinski definition) is 2. The molecule has 5 unspecified atom stereocenters. The maximum Gasteiger partial charge on any atom is 0.180 e. The van der Waals surface area contributed by atoms with Crippen LogP contribution < -0.4 is 10.6 Å². The Morgan fingerprint density at radius 1 is 0.895 bits per heavy atom. The lowest BCUT2D eigenvalue weighted by Gasteiger charge is -2.58. The van der Waals surface area contributed by atoms with Gasteiger partial charge in [-0.3, -0.25) is 5.32 Å². The highest BCUT2D eigenvalue weighted by atomic mass is 16.5. The van der Waals surface area contributed by atoms with Gasteiger partial charge in [-0.05, 0) is 59.5 Å². The number of likely N-dealkylation sites (tertiary alicyclic amines) is 1. The van der Waals surface area contributed by atoms with Crippen LogP contribution in [0.25, 0.3) is 6.08 Å². The van der Waals surface area contributed by atoms with Gasteiger partial charge in [0.1, 0.15) is 6.04 Å². The fourth-order valence-corrected chi connectivity index (χ4v) is 7.89. The average Bonchev–Trinajstić information content (AvgIpc) is 3.77. The van der Waals surface area contributed by atoms with Gasteiger partial charge in [0.25, 0.3) is 0 Å². The van der Waals surface area contributed by atoms with Crippen LogP contribution in [0.5, 0.6) is 0 Å². The maximum absolute atomic E-state index is 6.34. The summed E-state index contributed by atoms with van der Waals surface area (Å²) in [6.07, 6.45) is 18.8. The molecule has 5 heterocycles. The predicted octanol–water partition coefficient (Wildman–Crippen LogP) is 4.80. The first-order valence-electron chi connectivity index (χ1n) is 14.2. The van der Waals surface area contributed by atoms with E-state index in [0.29, 0.717) is 5.92 Å². The molecule has 2 aromatic rings. The van der Waals surface area contributed by atoms with E-state index >= 15 is 0 Å². The average molecular weight is 506 g/mol. The summed E-state index contributed by atoms with van der Waals surface area (Å²) in [5.74, 6) is 0.111. The molecule has 5 aliphatic heterocycles. The quantitative estimate of drug-likeness (QED) is 0.622. The fraction of sp³-hybridized carbons (Fsp3) is 0.375. The van der Waals surface area contributed by atoms with Gasteiger partial charge in [-0.25, -0.2) is 9.80 Å². The van der Waals surface area contributed by atoms with Gasteiger partial charge in [-0.1, -0.05) is 60.7 Å². The maximum atomic E-state index is 6.34. The van der Waals surface area contributed by atoms with E-state index in [1.165, 1.54) is 34.4 Å². The highest BCUT2D eigenvalue weighted by Crippen LogP contribution is 2.53. The van der Waals surface area contributed by atoms with Crippen molar-refractivity contribution in [2.75, 3.05) is 19.6 Å². The summed E-state index contributed by atoms with van der Waals surface area (Å²) in [5.41, 5.74) is 6.91. The number of benzene rings is 2. The smallest absolute Gasteiger partial charge is 0.180 e. The third kappa shape index (κ3) is 3.17. The van der Waals surface area contributed by atoms with Crippen molar-refractivity contribution in [1.29, 1.82) is 0 Å². The molecule has 0 radical (unpaired) electrons. The van der Waals surface area contributed by atoms with E-state index in [-0.39, 0.29) is 18.4 Å². The first kappa shape index (κ1) is 22.6. The molecule has 0 saturated carbocycles. The largest absolute Gasteiger partial charge is 0.483 e. The van der Waals surface area contributed by atoms with E-state index in [2.05, 4.69) is 110 Å². The fourth-order valence-electron chi connectivity index (χ4n) is 7.89. The lowest BCUT2D eigenvalue weighted by molar-refractivity contribution is -0.189. The molecule has 2 fully saturated rings. The van der Waals surface area contributed by atoms with E-state index < -0.39 is 5.79 Å². The molecule has 0 aromatic heterocycles.